The lowest BCUT2D eigenvalue weighted by molar-refractivity contribution is -0.123. The first kappa shape index (κ1) is 15.6. The summed E-state index contributed by atoms with van der Waals surface area (Å²) in [6, 6.07) is 4.14. The van der Waals surface area contributed by atoms with Crippen molar-refractivity contribution in [1.82, 2.24) is 10.6 Å². The van der Waals surface area contributed by atoms with Gasteiger partial charge in [0, 0.05) is 23.3 Å². The molecule has 2 fully saturated rings. The van der Waals surface area contributed by atoms with Gasteiger partial charge in [-0.25, -0.2) is 4.39 Å². The molecule has 3 N–H and O–H groups in total. The summed E-state index contributed by atoms with van der Waals surface area (Å²) in [7, 11) is 0. The van der Waals surface area contributed by atoms with Crippen molar-refractivity contribution in [2.24, 2.45) is 5.92 Å². The van der Waals surface area contributed by atoms with E-state index in [1.54, 1.807) is 6.07 Å². The van der Waals surface area contributed by atoms with Crippen molar-refractivity contribution in [2.75, 3.05) is 18.4 Å². The highest BCUT2D eigenvalue weighted by Gasteiger charge is 2.37. The van der Waals surface area contributed by atoms with Crippen molar-refractivity contribution in [1.29, 1.82) is 0 Å². The highest BCUT2D eigenvalue weighted by Crippen LogP contribution is 2.35. The molecule has 1 aliphatic carbocycles. The molecule has 2 atom stereocenters. The minimum Gasteiger partial charge on any atom is -0.373 e. The van der Waals surface area contributed by atoms with Gasteiger partial charge in [0.15, 0.2) is 0 Å². The van der Waals surface area contributed by atoms with Gasteiger partial charge in [-0.05, 0) is 56.3 Å². The zero-order valence-corrected chi connectivity index (χ0v) is 13.1. The first-order chi connectivity index (χ1) is 10.6. The first-order valence-electron chi connectivity index (χ1n) is 7.85. The molecule has 1 aromatic carbocycles. The fourth-order valence-electron chi connectivity index (χ4n) is 2.91. The molecule has 0 spiro atoms. The molecule has 1 heterocycles. The Balaban J connectivity index is 1.65. The highest BCUT2D eigenvalue weighted by atomic mass is 35.5. The van der Waals surface area contributed by atoms with Gasteiger partial charge in [-0.15, -0.1) is 0 Å². The lowest BCUT2D eigenvalue weighted by Crippen LogP contribution is -2.51. The van der Waals surface area contributed by atoms with Gasteiger partial charge in [-0.3, -0.25) is 4.79 Å². The van der Waals surface area contributed by atoms with Crippen molar-refractivity contribution in [3.63, 3.8) is 0 Å². The predicted octanol–water partition coefficient (Wildman–Crippen LogP) is 2.54. The van der Waals surface area contributed by atoms with Crippen LogP contribution in [0.15, 0.2) is 18.2 Å². The largest absolute Gasteiger partial charge is 0.373 e. The number of anilines is 1. The van der Waals surface area contributed by atoms with Crippen molar-refractivity contribution >= 4 is 23.2 Å². The van der Waals surface area contributed by atoms with Gasteiger partial charge < -0.3 is 16.0 Å². The van der Waals surface area contributed by atoms with Crippen LogP contribution in [0.3, 0.4) is 0 Å². The van der Waals surface area contributed by atoms with Crippen LogP contribution >= 0.6 is 11.6 Å². The molecule has 2 aliphatic rings. The second kappa shape index (κ2) is 6.84. The van der Waals surface area contributed by atoms with E-state index in [1.165, 1.54) is 12.1 Å². The number of carbonyl (C=O) groups excluding carboxylic acids is 1. The average molecular weight is 326 g/mol. The molecule has 0 bridgehead atoms. The minimum absolute atomic E-state index is 0.00316. The van der Waals surface area contributed by atoms with Crippen LogP contribution in [0.5, 0.6) is 0 Å². The quantitative estimate of drug-likeness (QED) is 0.780. The van der Waals surface area contributed by atoms with Crippen LogP contribution in [-0.2, 0) is 4.79 Å². The summed E-state index contributed by atoms with van der Waals surface area (Å²) in [6.07, 6.45) is 4.13. The molecular weight excluding hydrogens is 305 g/mol. The Labute approximate surface area is 134 Å². The summed E-state index contributed by atoms with van der Waals surface area (Å²) in [5, 5.41) is 9.87. The number of rotatable bonds is 5. The summed E-state index contributed by atoms with van der Waals surface area (Å²) < 4.78 is 13.4. The molecule has 1 saturated heterocycles. The van der Waals surface area contributed by atoms with Gasteiger partial charge in [0.05, 0.1) is 0 Å². The number of nitrogens with one attached hydrogen (secondary N) is 3. The monoisotopic (exact) mass is 325 g/mol. The molecule has 1 amide bonds. The predicted molar refractivity (Wildman–Crippen MR) is 85.6 cm³/mol. The Morgan fingerprint density at radius 3 is 2.77 bits per heavy atom. The number of halogens is 2. The fraction of sp³-hybridized carbons (Fsp3) is 0.562. The molecule has 0 radical (unpaired) electrons. The SMILES string of the molecule is O=C(NC1CCCNC1)[C@H](Nc1cc(F)cc(Cl)c1)C1CC1. The van der Waals surface area contributed by atoms with Crippen LogP contribution in [0.2, 0.25) is 5.02 Å². The zero-order chi connectivity index (χ0) is 15.5. The van der Waals surface area contributed by atoms with Crippen LogP contribution < -0.4 is 16.0 Å². The van der Waals surface area contributed by atoms with Crippen molar-refractivity contribution in [3.8, 4) is 0 Å². The normalized spacial score (nSPS) is 22.9. The lowest BCUT2D eigenvalue weighted by Gasteiger charge is -2.27. The lowest BCUT2D eigenvalue weighted by atomic mass is 10.1. The first-order valence-corrected chi connectivity index (χ1v) is 8.23. The maximum absolute atomic E-state index is 13.4. The molecule has 1 aromatic rings. The summed E-state index contributed by atoms with van der Waals surface area (Å²) in [5.41, 5.74) is 0.554. The average Bonchev–Trinajstić information content (AvgIpc) is 3.29. The maximum Gasteiger partial charge on any atom is 0.243 e. The Bertz CT molecular complexity index is 524. The molecule has 1 aliphatic heterocycles. The van der Waals surface area contributed by atoms with Gasteiger partial charge in [0.2, 0.25) is 5.91 Å². The standard InChI is InChI=1S/C16H21ClFN3O/c17-11-6-12(18)8-14(7-11)20-15(10-3-4-10)16(22)21-13-2-1-5-19-9-13/h6-8,10,13,15,19-20H,1-5,9H2,(H,21,22)/t13?,15-/m1/s1. The van der Waals surface area contributed by atoms with E-state index in [1.807, 2.05) is 0 Å². The zero-order valence-electron chi connectivity index (χ0n) is 12.4. The topological polar surface area (TPSA) is 53.2 Å². The third-order valence-electron chi connectivity index (χ3n) is 4.20. The van der Waals surface area contributed by atoms with Gasteiger partial charge in [0.1, 0.15) is 11.9 Å². The van der Waals surface area contributed by atoms with Crippen LogP contribution in [0.25, 0.3) is 0 Å². The minimum atomic E-state index is -0.401. The van der Waals surface area contributed by atoms with E-state index in [-0.39, 0.29) is 18.0 Å². The van der Waals surface area contributed by atoms with Crippen molar-refractivity contribution < 1.29 is 9.18 Å². The maximum atomic E-state index is 13.4. The number of hydrogen-bond donors (Lipinski definition) is 3. The third-order valence-corrected chi connectivity index (χ3v) is 4.42. The second-order valence-electron chi connectivity index (χ2n) is 6.17. The van der Waals surface area contributed by atoms with E-state index in [4.69, 9.17) is 11.6 Å². The fourth-order valence-corrected chi connectivity index (χ4v) is 3.13. The summed E-state index contributed by atoms with van der Waals surface area (Å²) >= 11 is 5.88. The van der Waals surface area contributed by atoms with E-state index in [2.05, 4.69) is 16.0 Å². The van der Waals surface area contributed by atoms with E-state index in [0.29, 0.717) is 16.6 Å². The molecule has 22 heavy (non-hydrogen) atoms. The van der Waals surface area contributed by atoms with Gasteiger partial charge in [-0.2, -0.15) is 0 Å². The molecule has 6 heteroatoms. The Kier molecular flexibility index (Phi) is 4.84. The molecule has 3 rings (SSSR count). The molecule has 120 valence electrons. The second-order valence-corrected chi connectivity index (χ2v) is 6.61. The van der Waals surface area contributed by atoms with Crippen molar-refractivity contribution in [3.05, 3.63) is 29.0 Å². The smallest absolute Gasteiger partial charge is 0.243 e. The Morgan fingerprint density at radius 1 is 1.32 bits per heavy atom. The van der Waals surface area contributed by atoms with Crippen LogP contribution in [0.1, 0.15) is 25.7 Å². The van der Waals surface area contributed by atoms with Gasteiger partial charge in [-0.1, -0.05) is 11.6 Å². The van der Waals surface area contributed by atoms with Crippen molar-refractivity contribution in [2.45, 2.75) is 37.8 Å². The number of hydrogen-bond acceptors (Lipinski definition) is 3. The number of benzene rings is 1. The van der Waals surface area contributed by atoms with Crippen LogP contribution in [0.4, 0.5) is 10.1 Å². The van der Waals surface area contributed by atoms with E-state index in [9.17, 15) is 9.18 Å². The Hall–Kier alpha value is -1.33. The van der Waals surface area contributed by atoms with Gasteiger partial charge in [0.25, 0.3) is 0 Å². The number of piperidine rings is 1. The summed E-state index contributed by atoms with van der Waals surface area (Å²) in [6.45, 7) is 1.83. The van der Waals surface area contributed by atoms with Crippen LogP contribution in [-0.4, -0.2) is 31.1 Å². The highest BCUT2D eigenvalue weighted by molar-refractivity contribution is 6.30. The number of amides is 1. The molecular formula is C16H21ClFN3O. The summed E-state index contributed by atoms with van der Waals surface area (Å²) in [4.78, 5) is 12.5. The Morgan fingerprint density at radius 2 is 2.14 bits per heavy atom. The van der Waals surface area contributed by atoms with E-state index >= 15 is 0 Å². The van der Waals surface area contributed by atoms with E-state index < -0.39 is 5.82 Å². The molecule has 1 unspecified atom stereocenters. The molecule has 1 saturated carbocycles. The van der Waals surface area contributed by atoms with Gasteiger partial charge >= 0.3 is 0 Å². The van der Waals surface area contributed by atoms with Crippen LogP contribution in [0, 0.1) is 11.7 Å². The molecule has 4 nitrogen and oxygen atoms in total. The number of carbonyl (C=O) groups is 1. The molecule has 0 aromatic heterocycles. The van der Waals surface area contributed by atoms with E-state index in [0.717, 1.165) is 38.8 Å². The third kappa shape index (κ3) is 4.11. The summed E-state index contributed by atoms with van der Waals surface area (Å²) in [5.74, 6) is -0.0865.